The van der Waals surface area contributed by atoms with Gasteiger partial charge in [-0.15, -0.1) is 0 Å². The molecule has 0 saturated heterocycles. The zero-order valence-corrected chi connectivity index (χ0v) is 9.12. The normalized spacial score (nSPS) is 15.0. The fourth-order valence-corrected chi connectivity index (χ4v) is 1.54. The number of carbonyl (C=O) groups excluding carboxylic acids is 1. The highest BCUT2D eigenvalue weighted by atomic mass is 16.1. The van der Waals surface area contributed by atoms with Crippen LogP contribution in [0.4, 0.5) is 0 Å². The maximum Gasteiger partial charge on any atom is 0.220 e. The molecule has 2 nitrogen and oxygen atoms in total. The van der Waals surface area contributed by atoms with Crippen LogP contribution in [0.25, 0.3) is 0 Å². The first-order valence-electron chi connectivity index (χ1n) is 5.59. The first-order valence-corrected chi connectivity index (χ1v) is 5.59. The number of benzene rings is 1. The van der Waals surface area contributed by atoms with Crippen LogP contribution in [-0.2, 0) is 11.2 Å². The van der Waals surface area contributed by atoms with Crippen molar-refractivity contribution < 1.29 is 4.79 Å². The van der Waals surface area contributed by atoms with Crippen LogP contribution < -0.4 is 5.32 Å². The van der Waals surface area contributed by atoms with Crippen molar-refractivity contribution in [2.24, 2.45) is 0 Å². The van der Waals surface area contributed by atoms with Gasteiger partial charge in [-0.2, -0.15) is 0 Å². The second-order valence-electron chi connectivity index (χ2n) is 4.33. The van der Waals surface area contributed by atoms with Crippen LogP contribution >= 0.6 is 0 Å². The summed E-state index contributed by atoms with van der Waals surface area (Å²) < 4.78 is 0. The highest BCUT2D eigenvalue weighted by Gasteiger charge is 2.22. The van der Waals surface area contributed by atoms with E-state index in [0.29, 0.717) is 12.5 Å². The van der Waals surface area contributed by atoms with Gasteiger partial charge in [-0.05, 0) is 31.7 Å². The van der Waals surface area contributed by atoms with Crippen LogP contribution in [0.5, 0.6) is 0 Å². The van der Waals surface area contributed by atoms with Crippen LogP contribution in [0, 0.1) is 6.92 Å². The molecule has 0 atom stereocenters. The number of hydrogen-bond donors (Lipinski definition) is 1. The molecule has 2 rings (SSSR count). The molecule has 80 valence electrons. The van der Waals surface area contributed by atoms with Gasteiger partial charge in [0.25, 0.3) is 0 Å². The van der Waals surface area contributed by atoms with Crippen molar-refractivity contribution in [1.82, 2.24) is 5.32 Å². The quantitative estimate of drug-likeness (QED) is 0.798. The molecule has 1 fully saturated rings. The van der Waals surface area contributed by atoms with Crippen LogP contribution in [0.3, 0.4) is 0 Å². The SMILES string of the molecule is Cc1ccc(CCC(=O)NC2CC2)cc1. The Hall–Kier alpha value is -1.31. The van der Waals surface area contributed by atoms with Gasteiger partial charge in [0.2, 0.25) is 5.91 Å². The summed E-state index contributed by atoms with van der Waals surface area (Å²) in [6.07, 6.45) is 3.78. The minimum atomic E-state index is 0.193. The van der Waals surface area contributed by atoms with Crippen LogP contribution in [0.2, 0.25) is 0 Å². The molecular formula is C13H17NO. The zero-order chi connectivity index (χ0) is 10.7. The fraction of sp³-hybridized carbons (Fsp3) is 0.462. The Morgan fingerprint density at radius 3 is 2.60 bits per heavy atom. The Labute approximate surface area is 90.7 Å². The molecule has 0 unspecified atom stereocenters. The number of nitrogens with one attached hydrogen (secondary N) is 1. The lowest BCUT2D eigenvalue weighted by molar-refractivity contribution is -0.121. The van der Waals surface area contributed by atoms with E-state index in [1.807, 2.05) is 0 Å². The van der Waals surface area contributed by atoms with Gasteiger partial charge >= 0.3 is 0 Å². The highest BCUT2D eigenvalue weighted by Crippen LogP contribution is 2.18. The van der Waals surface area contributed by atoms with Gasteiger partial charge in [-0.1, -0.05) is 29.8 Å². The second kappa shape index (κ2) is 4.47. The first-order chi connectivity index (χ1) is 7.24. The third-order valence-corrected chi connectivity index (χ3v) is 2.70. The lowest BCUT2D eigenvalue weighted by atomic mass is 10.1. The van der Waals surface area contributed by atoms with Crippen molar-refractivity contribution in [3.05, 3.63) is 35.4 Å². The summed E-state index contributed by atoms with van der Waals surface area (Å²) in [5.74, 6) is 0.193. The van der Waals surface area contributed by atoms with Gasteiger partial charge in [-0.3, -0.25) is 4.79 Å². The molecule has 0 spiro atoms. The van der Waals surface area contributed by atoms with Gasteiger partial charge in [0, 0.05) is 12.5 Å². The Kier molecular flexibility index (Phi) is 3.05. The average molecular weight is 203 g/mol. The lowest BCUT2D eigenvalue weighted by Crippen LogP contribution is -2.25. The van der Waals surface area contributed by atoms with Crippen LogP contribution in [0.1, 0.15) is 30.4 Å². The van der Waals surface area contributed by atoms with Crippen molar-refractivity contribution in [3.8, 4) is 0 Å². The van der Waals surface area contributed by atoms with E-state index in [-0.39, 0.29) is 5.91 Å². The number of amides is 1. The van der Waals surface area contributed by atoms with Crippen molar-refractivity contribution in [1.29, 1.82) is 0 Å². The summed E-state index contributed by atoms with van der Waals surface area (Å²) in [6.45, 7) is 2.07. The van der Waals surface area contributed by atoms with Crippen LogP contribution in [0.15, 0.2) is 24.3 Å². The molecule has 0 aromatic heterocycles. The Morgan fingerprint density at radius 2 is 2.00 bits per heavy atom. The molecule has 1 saturated carbocycles. The van der Waals surface area contributed by atoms with Gasteiger partial charge in [-0.25, -0.2) is 0 Å². The minimum Gasteiger partial charge on any atom is -0.353 e. The second-order valence-corrected chi connectivity index (χ2v) is 4.33. The van der Waals surface area contributed by atoms with Crippen molar-refractivity contribution >= 4 is 5.91 Å². The van der Waals surface area contributed by atoms with Gasteiger partial charge in [0.1, 0.15) is 0 Å². The third-order valence-electron chi connectivity index (χ3n) is 2.70. The predicted molar refractivity (Wildman–Crippen MR) is 60.7 cm³/mol. The molecule has 1 aliphatic rings. The summed E-state index contributed by atoms with van der Waals surface area (Å²) in [6, 6.07) is 8.86. The van der Waals surface area contributed by atoms with E-state index in [0.717, 1.165) is 19.3 Å². The summed E-state index contributed by atoms with van der Waals surface area (Å²) in [7, 11) is 0. The van der Waals surface area contributed by atoms with Crippen LogP contribution in [-0.4, -0.2) is 11.9 Å². The molecule has 0 aliphatic heterocycles. The molecule has 0 heterocycles. The molecule has 0 radical (unpaired) electrons. The number of rotatable bonds is 4. The van der Waals surface area contributed by atoms with Gasteiger partial charge in [0.05, 0.1) is 0 Å². The number of hydrogen-bond acceptors (Lipinski definition) is 1. The summed E-state index contributed by atoms with van der Waals surface area (Å²) in [4.78, 5) is 11.4. The standard InChI is InChI=1S/C13H17NO/c1-10-2-4-11(5-3-10)6-9-13(15)14-12-7-8-12/h2-5,12H,6-9H2,1H3,(H,14,15). The Morgan fingerprint density at radius 1 is 1.33 bits per heavy atom. The minimum absolute atomic E-state index is 0.193. The molecule has 1 aromatic rings. The van der Waals surface area contributed by atoms with Crippen molar-refractivity contribution in [2.45, 2.75) is 38.6 Å². The van der Waals surface area contributed by atoms with E-state index in [4.69, 9.17) is 0 Å². The van der Waals surface area contributed by atoms with E-state index in [2.05, 4.69) is 36.5 Å². The Balaban J connectivity index is 1.76. The third kappa shape index (κ3) is 3.39. The van der Waals surface area contributed by atoms with Gasteiger partial charge in [0.15, 0.2) is 0 Å². The Bertz CT molecular complexity index is 338. The maximum absolute atomic E-state index is 11.4. The molecule has 2 heteroatoms. The van der Waals surface area contributed by atoms with E-state index in [1.165, 1.54) is 11.1 Å². The molecular weight excluding hydrogens is 186 g/mol. The summed E-state index contributed by atoms with van der Waals surface area (Å²) in [5, 5.41) is 3.00. The lowest BCUT2D eigenvalue weighted by Gasteiger charge is -2.03. The average Bonchev–Trinajstić information content (AvgIpc) is 3.01. The van der Waals surface area contributed by atoms with E-state index >= 15 is 0 Å². The largest absolute Gasteiger partial charge is 0.353 e. The first kappa shape index (κ1) is 10.2. The number of aryl methyl sites for hydroxylation is 2. The zero-order valence-electron chi connectivity index (χ0n) is 9.12. The van der Waals surface area contributed by atoms with E-state index < -0.39 is 0 Å². The molecule has 1 amide bonds. The summed E-state index contributed by atoms with van der Waals surface area (Å²) >= 11 is 0. The molecule has 0 bridgehead atoms. The van der Waals surface area contributed by atoms with Crippen molar-refractivity contribution in [2.75, 3.05) is 0 Å². The topological polar surface area (TPSA) is 29.1 Å². The fourth-order valence-electron chi connectivity index (χ4n) is 1.54. The maximum atomic E-state index is 11.4. The molecule has 1 aromatic carbocycles. The van der Waals surface area contributed by atoms with Gasteiger partial charge < -0.3 is 5.32 Å². The summed E-state index contributed by atoms with van der Waals surface area (Å²) in [5.41, 5.74) is 2.51. The predicted octanol–water partition coefficient (Wildman–Crippen LogP) is 2.21. The molecule has 15 heavy (non-hydrogen) atoms. The van der Waals surface area contributed by atoms with Crippen molar-refractivity contribution in [3.63, 3.8) is 0 Å². The monoisotopic (exact) mass is 203 g/mol. The molecule has 1 aliphatic carbocycles. The number of carbonyl (C=O) groups is 1. The molecule has 1 N–H and O–H groups in total. The smallest absolute Gasteiger partial charge is 0.220 e. The van der Waals surface area contributed by atoms with E-state index in [9.17, 15) is 4.79 Å². The van der Waals surface area contributed by atoms with E-state index in [1.54, 1.807) is 0 Å². The highest BCUT2D eigenvalue weighted by molar-refractivity contribution is 5.76.